The fraction of sp³-hybridized carbons (Fsp3) is 0.923. The normalized spacial score (nSPS) is 17.0. The molecule has 0 aliphatic heterocycles. The predicted octanol–water partition coefficient (Wildman–Crippen LogP) is 1.41. The Hall–Kier alpha value is -0.420. The molecule has 0 rings (SSSR count). The number of rotatable bonds is 7. The molecule has 0 aromatic heterocycles. The highest BCUT2D eigenvalue weighted by Crippen LogP contribution is 2.20. The van der Waals surface area contributed by atoms with Gasteiger partial charge >= 0.3 is 0 Å². The van der Waals surface area contributed by atoms with Gasteiger partial charge in [0.05, 0.1) is 0 Å². The molecule has 18 heavy (non-hydrogen) atoms. The Kier molecular flexibility index (Phi) is 7.71. The number of carbonyl (C=O) groups excluding carboxylic acids is 1. The van der Waals surface area contributed by atoms with E-state index in [-0.39, 0.29) is 22.6 Å². The van der Waals surface area contributed by atoms with Crippen LogP contribution in [0.5, 0.6) is 0 Å². The summed E-state index contributed by atoms with van der Waals surface area (Å²) in [6, 6.07) is -0.0947. The maximum atomic E-state index is 11.6. The van der Waals surface area contributed by atoms with E-state index < -0.39 is 10.8 Å². The molecule has 5 heteroatoms. The molecular formula is C13H28N2O2S. The van der Waals surface area contributed by atoms with Crippen molar-refractivity contribution in [1.29, 1.82) is 0 Å². The van der Waals surface area contributed by atoms with E-state index in [4.69, 9.17) is 5.73 Å². The van der Waals surface area contributed by atoms with Gasteiger partial charge in [-0.25, -0.2) is 0 Å². The lowest BCUT2D eigenvalue weighted by molar-refractivity contribution is -0.121. The molecule has 0 aromatic rings. The van der Waals surface area contributed by atoms with Crippen LogP contribution in [0.25, 0.3) is 0 Å². The van der Waals surface area contributed by atoms with Crippen LogP contribution in [-0.2, 0) is 15.6 Å². The molecule has 0 bridgehead atoms. The summed E-state index contributed by atoms with van der Waals surface area (Å²) in [6.07, 6.45) is 3.62. The maximum absolute atomic E-state index is 11.6. The molecule has 0 aliphatic carbocycles. The second kappa shape index (κ2) is 7.89. The summed E-state index contributed by atoms with van der Waals surface area (Å²) >= 11 is 0. The van der Waals surface area contributed by atoms with Crippen molar-refractivity contribution in [3.05, 3.63) is 0 Å². The number of amides is 1. The van der Waals surface area contributed by atoms with Crippen LogP contribution in [0.1, 0.15) is 47.0 Å². The summed E-state index contributed by atoms with van der Waals surface area (Å²) in [5, 5.41) is 2.95. The number of hydrogen-bond acceptors (Lipinski definition) is 3. The van der Waals surface area contributed by atoms with Gasteiger partial charge in [-0.2, -0.15) is 0 Å². The van der Waals surface area contributed by atoms with Crippen LogP contribution < -0.4 is 11.1 Å². The fourth-order valence-electron chi connectivity index (χ4n) is 1.75. The van der Waals surface area contributed by atoms with Gasteiger partial charge in [0.15, 0.2) is 0 Å². The van der Waals surface area contributed by atoms with Gasteiger partial charge in [-0.1, -0.05) is 27.7 Å². The van der Waals surface area contributed by atoms with E-state index in [1.54, 1.807) is 6.26 Å². The lowest BCUT2D eigenvalue weighted by Gasteiger charge is -2.22. The first-order valence-electron chi connectivity index (χ1n) is 6.46. The van der Waals surface area contributed by atoms with Crippen LogP contribution in [0, 0.1) is 5.41 Å². The standard InChI is InChI=1S/C13H28N2O2S/c1-10(18(5)17)6-7-15-12(16)8-11(14)9-13(2,3)4/h10-11H,6-9,14H2,1-5H3,(H,15,16). The van der Waals surface area contributed by atoms with Gasteiger partial charge in [0.2, 0.25) is 5.91 Å². The number of carbonyl (C=O) groups is 1. The van der Waals surface area contributed by atoms with Gasteiger partial charge in [0, 0.05) is 41.3 Å². The van der Waals surface area contributed by atoms with Crippen molar-refractivity contribution in [3.8, 4) is 0 Å². The summed E-state index contributed by atoms with van der Waals surface area (Å²) < 4.78 is 11.1. The monoisotopic (exact) mass is 276 g/mol. The highest BCUT2D eigenvalue weighted by Gasteiger charge is 2.18. The molecule has 4 nitrogen and oxygen atoms in total. The first-order valence-corrected chi connectivity index (χ1v) is 8.08. The van der Waals surface area contributed by atoms with Crippen molar-refractivity contribution in [2.24, 2.45) is 11.1 Å². The van der Waals surface area contributed by atoms with Gasteiger partial charge < -0.3 is 11.1 Å². The number of nitrogens with one attached hydrogen (secondary N) is 1. The highest BCUT2D eigenvalue weighted by atomic mass is 32.2. The van der Waals surface area contributed by atoms with Crippen molar-refractivity contribution >= 4 is 16.7 Å². The molecule has 0 fully saturated rings. The van der Waals surface area contributed by atoms with Crippen molar-refractivity contribution in [2.45, 2.75) is 58.2 Å². The second-order valence-electron chi connectivity index (χ2n) is 6.18. The van der Waals surface area contributed by atoms with Crippen molar-refractivity contribution in [1.82, 2.24) is 5.32 Å². The van der Waals surface area contributed by atoms with Crippen LogP contribution >= 0.6 is 0 Å². The zero-order valence-electron chi connectivity index (χ0n) is 12.3. The Morgan fingerprint density at radius 3 is 2.39 bits per heavy atom. The molecule has 0 aliphatic rings. The average molecular weight is 276 g/mol. The van der Waals surface area contributed by atoms with E-state index in [9.17, 15) is 9.00 Å². The SMILES string of the molecule is CC(CCNC(=O)CC(N)CC(C)(C)C)S(C)=O. The lowest BCUT2D eigenvalue weighted by Crippen LogP contribution is -2.35. The van der Waals surface area contributed by atoms with Crippen LogP contribution in [-0.4, -0.2) is 34.2 Å². The molecule has 0 saturated heterocycles. The Morgan fingerprint density at radius 1 is 1.39 bits per heavy atom. The molecule has 0 heterocycles. The molecule has 0 saturated carbocycles. The molecule has 0 spiro atoms. The minimum Gasteiger partial charge on any atom is -0.356 e. The summed E-state index contributed by atoms with van der Waals surface area (Å²) in [6.45, 7) is 8.84. The first kappa shape index (κ1) is 17.6. The fourth-order valence-corrected chi connectivity index (χ4v) is 2.20. The molecule has 108 valence electrons. The van der Waals surface area contributed by atoms with Crippen molar-refractivity contribution in [2.75, 3.05) is 12.8 Å². The third kappa shape index (κ3) is 9.59. The van der Waals surface area contributed by atoms with Crippen LogP contribution in [0.4, 0.5) is 0 Å². The summed E-state index contributed by atoms with van der Waals surface area (Å²) in [7, 11) is -0.825. The highest BCUT2D eigenvalue weighted by molar-refractivity contribution is 7.84. The second-order valence-corrected chi connectivity index (χ2v) is 7.98. The average Bonchev–Trinajstić information content (AvgIpc) is 2.13. The zero-order chi connectivity index (χ0) is 14.3. The van der Waals surface area contributed by atoms with Gasteiger partial charge in [0.1, 0.15) is 0 Å². The molecular weight excluding hydrogens is 248 g/mol. The summed E-state index contributed by atoms with van der Waals surface area (Å²) in [5.41, 5.74) is 6.08. The molecule has 3 atom stereocenters. The third-order valence-corrected chi connectivity index (χ3v) is 4.13. The zero-order valence-corrected chi connectivity index (χ0v) is 13.1. The maximum Gasteiger partial charge on any atom is 0.221 e. The minimum atomic E-state index is -0.825. The van der Waals surface area contributed by atoms with Crippen LogP contribution in [0.3, 0.4) is 0 Å². The molecule has 1 amide bonds. The van der Waals surface area contributed by atoms with Gasteiger partial charge in [-0.15, -0.1) is 0 Å². The third-order valence-electron chi connectivity index (χ3n) is 2.76. The minimum absolute atomic E-state index is 0.0131. The van der Waals surface area contributed by atoms with E-state index in [1.165, 1.54) is 0 Å². The Bertz CT molecular complexity index is 287. The quantitative estimate of drug-likeness (QED) is 0.738. The Morgan fingerprint density at radius 2 is 1.94 bits per heavy atom. The van der Waals surface area contributed by atoms with Crippen LogP contribution in [0.15, 0.2) is 0 Å². The van der Waals surface area contributed by atoms with E-state index in [0.717, 1.165) is 12.8 Å². The van der Waals surface area contributed by atoms with E-state index in [1.807, 2.05) is 6.92 Å². The van der Waals surface area contributed by atoms with Crippen molar-refractivity contribution < 1.29 is 9.00 Å². The largest absolute Gasteiger partial charge is 0.356 e. The van der Waals surface area contributed by atoms with Gasteiger partial charge in [0.25, 0.3) is 0 Å². The van der Waals surface area contributed by atoms with Crippen molar-refractivity contribution in [3.63, 3.8) is 0 Å². The molecule has 0 aromatic carbocycles. The lowest BCUT2D eigenvalue weighted by atomic mass is 9.87. The molecule has 0 radical (unpaired) electrons. The number of nitrogens with two attached hydrogens (primary N) is 1. The summed E-state index contributed by atoms with van der Waals surface area (Å²) in [5.74, 6) is -0.0131. The van der Waals surface area contributed by atoms with Gasteiger partial charge in [-0.05, 0) is 18.3 Å². The van der Waals surface area contributed by atoms with E-state index >= 15 is 0 Å². The number of hydrogen-bond donors (Lipinski definition) is 2. The van der Waals surface area contributed by atoms with E-state index in [0.29, 0.717) is 13.0 Å². The Balaban J connectivity index is 3.81. The summed E-state index contributed by atoms with van der Waals surface area (Å²) in [4.78, 5) is 11.6. The van der Waals surface area contributed by atoms with Gasteiger partial charge in [-0.3, -0.25) is 9.00 Å². The molecule has 3 N–H and O–H groups in total. The Labute approximate surface area is 114 Å². The first-order chi connectivity index (χ1) is 8.11. The van der Waals surface area contributed by atoms with E-state index in [2.05, 4.69) is 26.1 Å². The topological polar surface area (TPSA) is 72.2 Å². The smallest absolute Gasteiger partial charge is 0.221 e. The molecule has 3 unspecified atom stereocenters. The van der Waals surface area contributed by atoms with Crippen LogP contribution in [0.2, 0.25) is 0 Å². The predicted molar refractivity (Wildman–Crippen MR) is 77.8 cm³/mol.